The van der Waals surface area contributed by atoms with Crippen molar-refractivity contribution in [1.82, 2.24) is 14.8 Å². The molecule has 0 aliphatic heterocycles. The molecule has 2 N–H and O–H groups in total. The summed E-state index contributed by atoms with van der Waals surface area (Å²) in [7, 11) is 0. The molecule has 6 heteroatoms. The van der Waals surface area contributed by atoms with Crippen LogP contribution in [0.3, 0.4) is 0 Å². The van der Waals surface area contributed by atoms with Crippen LogP contribution in [-0.4, -0.2) is 14.8 Å². The predicted molar refractivity (Wildman–Crippen MR) is 51.7 cm³/mol. The van der Waals surface area contributed by atoms with Crippen LogP contribution in [0.25, 0.3) is 0 Å². The molecule has 0 aliphatic rings. The minimum Gasteiger partial charge on any atom is -0.366 e. The lowest BCUT2D eigenvalue weighted by Crippen LogP contribution is -2.01. The molecule has 1 heterocycles. The molecule has 4 nitrogen and oxygen atoms in total. The molecule has 1 aromatic rings. The van der Waals surface area contributed by atoms with Gasteiger partial charge in [-0.15, -0.1) is 5.10 Å². The maximum absolute atomic E-state index is 5.49. The Balaban J connectivity index is 2.82. The van der Waals surface area contributed by atoms with Gasteiger partial charge in [0.15, 0.2) is 4.73 Å². The van der Waals surface area contributed by atoms with Gasteiger partial charge in [0.2, 0.25) is 5.95 Å². The van der Waals surface area contributed by atoms with Crippen LogP contribution in [0.15, 0.2) is 15.8 Å². The lowest BCUT2D eigenvalue weighted by Gasteiger charge is -1.99. The first-order valence-electron chi connectivity index (χ1n) is 3.25. The van der Waals surface area contributed by atoms with Gasteiger partial charge in [0.05, 0.1) is 6.54 Å². The number of rotatable bonds is 2. The zero-order valence-electron chi connectivity index (χ0n) is 6.46. The molecule has 0 spiro atoms. The minimum atomic E-state index is 0.254. The van der Waals surface area contributed by atoms with Gasteiger partial charge >= 0.3 is 0 Å². The van der Waals surface area contributed by atoms with Crippen molar-refractivity contribution in [3.63, 3.8) is 0 Å². The Labute approximate surface area is 83.5 Å². The number of allylic oxidation sites excluding steroid dienone is 1. The molecule has 0 amide bonds. The Kier molecular flexibility index (Phi) is 3.11. The molecule has 1 rings (SSSR count). The third kappa shape index (κ3) is 2.22. The van der Waals surface area contributed by atoms with E-state index in [4.69, 9.17) is 17.3 Å². The van der Waals surface area contributed by atoms with Crippen LogP contribution in [0.2, 0.25) is 0 Å². The molecular weight excluding hydrogens is 243 g/mol. The van der Waals surface area contributed by atoms with Crippen molar-refractivity contribution < 1.29 is 0 Å². The highest BCUT2D eigenvalue weighted by atomic mass is 79.9. The predicted octanol–water partition coefficient (Wildman–Crippen LogP) is 1.77. The fourth-order valence-electron chi connectivity index (χ4n) is 0.711. The van der Waals surface area contributed by atoms with Crippen LogP contribution < -0.4 is 5.73 Å². The Morgan fingerprint density at radius 2 is 2.50 bits per heavy atom. The van der Waals surface area contributed by atoms with Gasteiger partial charge in [-0.25, -0.2) is 4.68 Å². The molecule has 66 valence electrons. The molecule has 0 aromatic carbocycles. The molecular formula is C6H8BrClN4. The van der Waals surface area contributed by atoms with Crippen LogP contribution in [0.4, 0.5) is 5.95 Å². The smallest absolute Gasteiger partial charge is 0.240 e. The topological polar surface area (TPSA) is 56.7 Å². The summed E-state index contributed by atoms with van der Waals surface area (Å²) in [6.45, 7) is 2.49. The summed E-state index contributed by atoms with van der Waals surface area (Å²) in [4.78, 5) is 3.87. The van der Waals surface area contributed by atoms with Crippen LogP contribution in [0.5, 0.6) is 0 Å². The van der Waals surface area contributed by atoms with Gasteiger partial charge in [-0.3, -0.25) is 0 Å². The van der Waals surface area contributed by atoms with E-state index in [1.54, 1.807) is 4.68 Å². The van der Waals surface area contributed by atoms with Crippen molar-refractivity contribution in [2.75, 3.05) is 5.73 Å². The Morgan fingerprint density at radius 3 is 2.92 bits per heavy atom. The van der Waals surface area contributed by atoms with Gasteiger partial charge in [-0.1, -0.05) is 11.6 Å². The summed E-state index contributed by atoms with van der Waals surface area (Å²) in [5, 5.41) is 3.94. The maximum atomic E-state index is 5.49. The number of halogens is 2. The van der Waals surface area contributed by atoms with E-state index in [9.17, 15) is 0 Å². The molecule has 0 radical (unpaired) electrons. The van der Waals surface area contributed by atoms with Gasteiger partial charge in [0.25, 0.3) is 0 Å². The maximum Gasteiger partial charge on any atom is 0.240 e. The number of nitrogens with zero attached hydrogens (tertiary/aromatic N) is 3. The third-order valence-corrected chi connectivity index (χ3v) is 2.19. The molecule has 12 heavy (non-hydrogen) atoms. The van der Waals surface area contributed by atoms with E-state index in [-0.39, 0.29) is 5.95 Å². The van der Waals surface area contributed by atoms with E-state index in [1.807, 2.05) is 6.92 Å². The van der Waals surface area contributed by atoms with Crippen LogP contribution in [-0.2, 0) is 6.54 Å². The summed E-state index contributed by atoms with van der Waals surface area (Å²) in [6.07, 6.45) is 0. The number of hydrogen-bond donors (Lipinski definition) is 1. The zero-order valence-corrected chi connectivity index (χ0v) is 8.80. The highest BCUT2D eigenvalue weighted by Gasteiger charge is 2.03. The van der Waals surface area contributed by atoms with E-state index in [2.05, 4.69) is 26.0 Å². The number of hydrogen-bond acceptors (Lipinski definition) is 3. The Hall–Kier alpha value is -0.550. The highest BCUT2D eigenvalue weighted by molar-refractivity contribution is 9.10. The Morgan fingerprint density at radius 1 is 1.83 bits per heavy atom. The van der Waals surface area contributed by atoms with E-state index in [1.165, 1.54) is 5.54 Å². The molecule has 0 bridgehead atoms. The highest BCUT2D eigenvalue weighted by Crippen LogP contribution is 2.10. The van der Waals surface area contributed by atoms with Crippen molar-refractivity contribution in [3.8, 4) is 0 Å². The third-order valence-electron chi connectivity index (χ3n) is 1.23. The fraction of sp³-hybridized carbons (Fsp3) is 0.333. The second-order valence-corrected chi connectivity index (χ2v) is 3.28. The summed E-state index contributed by atoms with van der Waals surface area (Å²) in [6, 6.07) is 0. The number of nitrogen functional groups attached to an aromatic ring is 1. The first kappa shape index (κ1) is 9.54. The fourth-order valence-corrected chi connectivity index (χ4v) is 1.17. The van der Waals surface area contributed by atoms with Crippen molar-refractivity contribution in [3.05, 3.63) is 15.8 Å². The van der Waals surface area contributed by atoms with Gasteiger partial charge in [-0.2, -0.15) is 4.98 Å². The number of anilines is 1. The van der Waals surface area contributed by atoms with Crippen LogP contribution in [0, 0.1) is 0 Å². The first-order chi connectivity index (χ1) is 5.63. The summed E-state index contributed by atoms with van der Waals surface area (Å²) in [5.41, 5.74) is 7.86. The SMILES string of the molecule is CC(=CCl)Cn1nc(N)nc1Br. The monoisotopic (exact) mass is 250 g/mol. The van der Waals surface area contributed by atoms with Crippen molar-refractivity contribution in [2.24, 2.45) is 0 Å². The molecule has 0 atom stereocenters. The zero-order chi connectivity index (χ0) is 9.14. The molecule has 0 saturated heterocycles. The summed E-state index contributed by atoms with van der Waals surface area (Å²) >= 11 is 8.70. The van der Waals surface area contributed by atoms with Crippen molar-refractivity contribution >= 4 is 33.5 Å². The lowest BCUT2D eigenvalue weighted by atomic mass is 10.4. The van der Waals surface area contributed by atoms with Gasteiger partial charge in [-0.05, 0) is 28.4 Å². The quantitative estimate of drug-likeness (QED) is 0.871. The summed E-state index contributed by atoms with van der Waals surface area (Å²) in [5.74, 6) is 0.254. The average molecular weight is 252 g/mol. The van der Waals surface area contributed by atoms with Gasteiger partial charge in [0, 0.05) is 5.54 Å². The number of aromatic nitrogens is 3. The standard InChI is InChI=1S/C6H8BrClN4/c1-4(2-8)3-12-5(7)10-6(9)11-12/h2H,3H2,1H3,(H2,9,11). The molecule has 1 aromatic heterocycles. The second-order valence-electron chi connectivity index (χ2n) is 2.35. The van der Waals surface area contributed by atoms with E-state index >= 15 is 0 Å². The molecule has 0 aliphatic carbocycles. The van der Waals surface area contributed by atoms with Gasteiger partial charge in [0.1, 0.15) is 0 Å². The Bertz CT molecular complexity index is 306. The number of nitrogens with two attached hydrogens (primary N) is 1. The van der Waals surface area contributed by atoms with E-state index in [0.717, 1.165) is 5.57 Å². The van der Waals surface area contributed by atoms with E-state index in [0.29, 0.717) is 11.3 Å². The van der Waals surface area contributed by atoms with Crippen LogP contribution >= 0.6 is 27.5 Å². The van der Waals surface area contributed by atoms with Crippen molar-refractivity contribution in [1.29, 1.82) is 0 Å². The van der Waals surface area contributed by atoms with E-state index < -0.39 is 0 Å². The summed E-state index contributed by atoms with van der Waals surface area (Å²) < 4.78 is 2.24. The molecule has 0 saturated carbocycles. The average Bonchev–Trinajstić information content (AvgIpc) is 2.30. The van der Waals surface area contributed by atoms with Crippen LogP contribution in [0.1, 0.15) is 6.92 Å². The molecule has 0 unspecified atom stereocenters. The second kappa shape index (κ2) is 3.91. The first-order valence-corrected chi connectivity index (χ1v) is 4.48. The normalized spacial score (nSPS) is 12.1. The minimum absolute atomic E-state index is 0.254. The van der Waals surface area contributed by atoms with Gasteiger partial charge < -0.3 is 5.73 Å². The lowest BCUT2D eigenvalue weighted by molar-refractivity contribution is 0.662. The molecule has 0 fully saturated rings. The largest absolute Gasteiger partial charge is 0.366 e. The van der Waals surface area contributed by atoms with Crippen molar-refractivity contribution in [2.45, 2.75) is 13.5 Å².